The van der Waals surface area contributed by atoms with Crippen molar-refractivity contribution in [3.05, 3.63) is 83.9 Å². The third-order valence-corrected chi connectivity index (χ3v) is 5.14. The van der Waals surface area contributed by atoms with E-state index in [-0.39, 0.29) is 12.1 Å². The molecule has 1 atom stereocenters. The second-order valence-corrected chi connectivity index (χ2v) is 7.41. The van der Waals surface area contributed by atoms with Crippen molar-refractivity contribution in [3.8, 4) is 0 Å². The zero-order valence-electron chi connectivity index (χ0n) is 16.4. The first-order valence-corrected chi connectivity index (χ1v) is 9.85. The molecule has 1 fully saturated rings. The Hall–Kier alpha value is -3.42. The summed E-state index contributed by atoms with van der Waals surface area (Å²) in [7, 11) is 0. The molecule has 156 valence electrons. The maximum atomic E-state index is 14.0. The Balaban J connectivity index is 1.26. The van der Waals surface area contributed by atoms with Gasteiger partial charge in [0.25, 0.3) is 0 Å². The number of nitrogens with one attached hydrogen (secondary N) is 2. The Morgan fingerprint density at radius 3 is 2.83 bits per heavy atom. The summed E-state index contributed by atoms with van der Waals surface area (Å²) in [5.41, 5.74) is 2.49. The van der Waals surface area contributed by atoms with Gasteiger partial charge >= 0.3 is 6.03 Å². The molecule has 0 spiro atoms. The highest BCUT2D eigenvalue weighted by atomic mass is 19.1. The average molecular weight is 411 g/mol. The molecule has 0 aliphatic carbocycles. The molecule has 2 heterocycles. The number of aromatic nitrogens is 2. The Labute approximate surface area is 173 Å². The van der Waals surface area contributed by atoms with Gasteiger partial charge in [0.2, 0.25) is 0 Å². The minimum atomic E-state index is -0.599. The van der Waals surface area contributed by atoms with E-state index in [1.165, 1.54) is 12.1 Å². The molecule has 2 N–H and O–H groups in total. The topological polar surface area (TPSA) is 62.2 Å². The lowest BCUT2D eigenvalue weighted by Gasteiger charge is -2.20. The van der Waals surface area contributed by atoms with Gasteiger partial charge < -0.3 is 20.1 Å². The van der Waals surface area contributed by atoms with Crippen LogP contribution in [0, 0.1) is 11.6 Å². The van der Waals surface area contributed by atoms with E-state index in [1.807, 2.05) is 33.9 Å². The third-order valence-electron chi connectivity index (χ3n) is 5.14. The number of benzene rings is 2. The van der Waals surface area contributed by atoms with E-state index in [1.54, 1.807) is 12.5 Å². The highest BCUT2D eigenvalue weighted by molar-refractivity contribution is 5.74. The number of anilines is 1. The van der Waals surface area contributed by atoms with E-state index in [9.17, 15) is 13.6 Å². The molecule has 1 aromatic heterocycles. The van der Waals surface area contributed by atoms with Gasteiger partial charge in [0.15, 0.2) is 0 Å². The summed E-state index contributed by atoms with van der Waals surface area (Å²) >= 11 is 0. The number of rotatable bonds is 6. The molecule has 8 heteroatoms. The summed E-state index contributed by atoms with van der Waals surface area (Å²) in [5, 5.41) is 5.80. The van der Waals surface area contributed by atoms with Crippen molar-refractivity contribution in [2.75, 3.05) is 18.0 Å². The molecule has 0 saturated carbocycles. The Morgan fingerprint density at radius 1 is 1.17 bits per heavy atom. The molecule has 1 aliphatic heterocycles. The van der Waals surface area contributed by atoms with Crippen molar-refractivity contribution in [2.24, 2.45) is 0 Å². The molecule has 30 heavy (non-hydrogen) atoms. The first-order valence-electron chi connectivity index (χ1n) is 9.85. The zero-order valence-corrected chi connectivity index (χ0v) is 16.4. The monoisotopic (exact) mass is 411 g/mol. The minimum Gasteiger partial charge on any atom is -0.367 e. The van der Waals surface area contributed by atoms with Crippen molar-refractivity contribution in [1.29, 1.82) is 0 Å². The summed E-state index contributed by atoms with van der Waals surface area (Å²) < 4.78 is 29.0. The van der Waals surface area contributed by atoms with Gasteiger partial charge in [-0.3, -0.25) is 0 Å². The second-order valence-electron chi connectivity index (χ2n) is 7.41. The van der Waals surface area contributed by atoms with Crippen LogP contribution in [0.25, 0.3) is 0 Å². The lowest BCUT2D eigenvalue weighted by Crippen LogP contribution is -2.43. The van der Waals surface area contributed by atoms with Gasteiger partial charge in [-0.15, -0.1) is 0 Å². The number of amides is 2. The number of carbonyl (C=O) groups excluding carboxylic acids is 1. The van der Waals surface area contributed by atoms with E-state index >= 15 is 0 Å². The van der Waals surface area contributed by atoms with E-state index in [0.717, 1.165) is 23.7 Å². The molecule has 2 aromatic carbocycles. The van der Waals surface area contributed by atoms with Crippen LogP contribution in [-0.4, -0.2) is 34.7 Å². The van der Waals surface area contributed by atoms with Crippen molar-refractivity contribution in [2.45, 2.75) is 25.6 Å². The van der Waals surface area contributed by atoms with Crippen LogP contribution in [0.3, 0.4) is 0 Å². The first-order chi connectivity index (χ1) is 14.6. The van der Waals surface area contributed by atoms with Gasteiger partial charge in [0, 0.05) is 50.7 Å². The predicted molar refractivity (Wildman–Crippen MR) is 110 cm³/mol. The van der Waals surface area contributed by atoms with E-state index in [0.29, 0.717) is 31.7 Å². The van der Waals surface area contributed by atoms with Gasteiger partial charge in [-0.2, -0.15) is 0 Å². The van der Waals surface area contributed by atoms with Crippen LogP contribution in [0.4, 0.5) is 19.3 Å². The molecule has 6 nitrogen and oxygen atoms in total. The molecule has 0 radical (unpaired) electrons. The molecule has 2 amide bonds. The van der Waals surface area contributed by atoms with Crippen molar-refractivity contribution < 1.29 is 13.6 Å². The molecular weight excluding hydrogens is 388 g/mol. The van der Waals surface area contributed by atoms with Crippen LogP contribution in [0.2, 0.25) is 0 Å². The molecule has 1 aliphatic rings. The molecule has 4 rings (SSSR count). The standard InChI is InChI=1S/C22H23F2N5O/c23-18-4-5-21(20(24)11-18)29-8-6-19(14-29)27-22(30)26-12-16-2-1-3-17(10-16)13-28-9-7-25-15-28/h1-5,7,9-11,15,19H,6,8,12-14H2,(H2,26,27,30). The summed E-state index contributed by atoms with van der Waals surface area (Å²) in [4.78, 5) is 18.1. The lowest BCUT2D eigenvalue weighted by atomic mass is 10.1. The predicted octanol–water partition coefficient (Wildman–Crippen LogP) is 3.29. The third kappa shape index (κ3) is 4.94. The largest absolute Gasteiger partial charge is 0.367 e. The maximum Gasteiger partial charge on any atom is 0.315 e. The van der Waals surface area contributed by atoms with Crippen molar-refractivity contribution in [1.82, 2.24) is 20.2 Å². The molecular formula is C22H23F2N5O. The van der Waals surface area contributed by atoms with Crippen molar-refractivity contribution >= 4 is 11.7 Å². The maximum absolute atomic E-state index is 14.0. The normalized spacial score (nSPS) is 15.9. The first kappa shape index (κ1) is 19.9. The molecule has 3 aromatic rings. The average Bonchev–Trinajstić information content (AvgIpc) is 3.39. The smallest absolute Gasteiger partial charge is 0.315 e. The quantitative estimate of drug-likeness (QED) is 0.654. The SMILES string of the molecule is O=C(NCc1cccc(Cn2ccnc2)c1)NC1CCN(c2ccc(F)cc2F)C1. The Bertz CT molecular complexity index is 1010. The van der Waals surface area contributed by atoms with Gasteiger partial charge in [0.1, 0.15) is 11.6 Å². The zero-order chi connectivity index (χ0) is 20.9. The number of hydrogen-bond acceptors (Lipinski definition) is 3. The highest BCUT2D eigenvalue weighted by Gasteiger charge is 2.25. The highest BCUT2D eigenvalue weighted by Crippen LogP contribution is 2.24. The fourth-order valence-corrected chi connectivity index (χ4v) is 3.68. The number of urea groups is 1. The van der Waals surface area contributed by atoms with Crippen LogP contribution in [-0.2, 0) is 13.1 Å². The summed E-state index contributed by atoms with van der Waals surface area (Å²) in [6.45, 7) is 2.21. The van der Waals surface area contributed by atoms with Crippen LogP contribution >= 0.6 is 0 Å². The molecule has 1 unspecified atom stereocenters. The summed E-state index contributed by atoms with van der Waals surface area (Å²) in [6.07, 6.45) is 6.11. The number of hydrogen-bond donors (Lipinski definition) is 2. The van der Waals surface area contributed by atoms with Crippen LogP contribution in [0.1, 0.15) is 17.5 Å². The lowest BCUT2D eigenvalue weighted by molar-refractivity contribution is 0.237. The number of halogens is 2. The fraction of sp³-hybridized carbons (Fsp3) is 0.273. The van der Waals surface area contributed by atoms with Crippen molar-refractivity contribution in [3.63, 3.8) is 0 Å². The summed E-state index contributed by atoms with van der Waals surface area (Å²) in [6, 6.07) is 11.2. The van der Waals surface area contributed by atoms with Crippen LogP contribution < -0.4 is 15.5 Å². The van der Waals surface area contributed by atoms with Crippen LogP contribution in [0.5, 0.6) is 0 Å². The Morgan fingerprint density at radius 2 is 2.03 bits per heavy atom. The summed E-state index contributed by atoms with van der Waals surface area (Å²) in [5.74, 6) is -1.19. The van der Waals surface area contributed by atoms with Gasteiger partial charge in [-0.05, 0) is 29.7 Å². The minimum absolute atomic E-state index is 0.0953. The number of carbonyl (C=O) groups is 1. The van der Waals surface area contributed by atoms with Crippen LogP contribution in [0.15, 0.2) is 61.2 Å². The molecule has 0 bridgehead atoms. The van der Waals surface area contributed by atoms with Gasteiger partial charge in [-0.1, -0.05) is 24.3 Å². The van der Waals surface area contributed by atoms with Gasteiger partial charge in [-0.25, -0.2) is 18.6 Å². The fourth-order valence-electron chi connectivity index (χ4n) is 3.68. The van der Waals surface area contributed by atoms with E-state index in [4.69, 9.17) is 0 Å². The van der Waals surface area contributed by atoms with E-state index < -0.39 is 11.6 Å². The van der Waals surface area contributed by atoms with Gasteiger partial charge in [0.05, 0.1) is 12.0 Å². The Kier molecular flexibility index (Phi) is 5.92. The second kappa shape index (κ2) is 8.94. The number of imidazole rings is 1. The molecule has 1 saturated heterocycles. The number of nitrogens with zero attached hydrogens (tertiary/aromatic N) is 3. The van der Waals surface area contributed by atoms with E-state index in [2.05, 4.69) is 21.7 Å².